The minimum atomic E-state index is -1.07. The van der Waals surface area contributed by atoms with Crippen molar-refractivity contribution in [2.45, 2.75) is 20.3 Å². The van der Waals surface area contributed by atoms with Gasteiger partial charge in [-0.25, -0.2) is 8.78 Å². The monoisotopic (exact) mass is 342 g/mol. The zero-order chi connectivity index (χ0) is 18.1. The standard InChI is InChI=1S/C17H24F2N2O3/c1-4-20(5-2)10-11-21(9-8-16(22)24-3)17(23)13-6-7-14(18)15(19)12-13/h6-7,12H,4-5,8-11H2,1-3H3. The van der Waals surface area contributed by atoms with Gasteiger partial charge in [0.2, 0.25) is 0 Å². The van der Waals surface area contributed by atoms with E-state index in [1.807, 2.05) is 13.8 Å². The molecule has 0 aliphatic rings. The number of nitrogens with zero attached hydrogens (tertiary/aromatic N) is 2. The number of esters is 1. The van der Waals surface area contributed by atoms with Crippen LogP contribution in [0.5, 0.6) is 0 Å². The Balaban J connectivity index is 2.86. The lowest BCUT2D eigenvalue weighted by molar-refractivity contribution is -0.140. The second kappa shape index (κ2) is 9.97. The van der Waals surface area contributed by atoms with E-state index in [2.05, 4.69) is 9.64 Å². The highest BCUT2D eigenvalue weighted by Crippen LogP contribution is 2.12. The molecule has 0 bridgehead atoms. The predicted molar refractivity (Wildman–Crippen MR) is 86.7 cm³/mol. The zero-order valence-corrected chi connectivity index (χ0v) is 14.3. The zero-order valence-electron chi connectivity index (χ0n) is 14.3. The van der Waals surface area contributed by atoms with Crippen molar-refractivity contribution in [1.82, 2.24) is 9.80 Å². The second-order valence-corrected chi connectivity index (χ2v) is 5.27. The van der Waals surface area contributed by atoms with E-state index in [4.69, 9.17) is 0 Å². The van der Waals surface area contributed by atoms with Gasteiger partial charge >= 0.3 is 5.97 Å². The highest BCUT2D eigenvalue weighted by molar-refractivity contribution is 5.94. The van der Waals surface area contributed by atoms with Crippen LogP contribution in [0, 0.1) is 11.6 Å². The first-order chi connectivity index (χ1) is 11.4. The van der Waals surface area contributed by atoms with E-state index in [1.165, 1.54) is 18.1 Å². The van der Waals surface area contributed by atoms with E-state index in [-0.39, 0.29) is 18.5 Å². The Morgan fingerprint density at radius 2 is 1.71 bits per heavy atom. The Morgan fingerprint density at radius 3 is 2.25 bits per heavy atom. The van der Waals surface area contributed by atoms with E-state index in [9.17, 15) is 18.4 Å². The molecule has 1 rings (SSSR count). The molecule has 0 spiro atoms. The number of rotatable bonds is 9. The molecule has 0 atom stereocenters. The third kappa shape index (κ3) is 5.88. The number of carbonyl (C=O) groups excluding carboxylic acids is 2. The molecule has 1 amide bonds. The Kier molecular flexibility index (Phi) is 8.32. The largest absolute Gasteiger partial charge is 0.469 e. The van der Waals surface area contributed by atoms with Crippen LogP contribution in [0.25, 0.3) is 0 Å². The second-order valence-electron chi connectivity index (χ2n) is 5.27. The molecule has 0 aliphatic heterocycles. The van der Waals surface area contributed by atoms with Gasteiger partial charge < -0.3 is 14.5 Å². The molecule has 0 N–H and O–H groups in total. The molecule has 0 fully saturated rings. The molecule has 24 heavy (non-hydrogen) atoms. The molecule has 0 heterocycles. The molecule has 1 aromatic rings. The molecule has 134 valence electrons. The van der Waals surface area contributed by atoms with Crippen molar-refractivity contribution in [2.24, 2.45) is 0 Å². The predicted octanol–water partition coefficient (Wildman–Crippen LogP) is 2.31. The lowest BCUT2D eigenvalue weighted by atomic mass is 10.1. The van der Waals surface area contributed by atoms with Crippen molar-refractivity contribution in [1.29, 1.82) is 0 Å². The van der Waals surface area contributed by atoms with Crippen molar-refractivity contribution in [3.8, 4) is 0 Å². The molecule has 5 nitrogen and oxygen atoms in total. The van der Waals surface area contributed by atoms with Gasteiger partial charge in [0.1, 0.15) is 0 Å². The van der Waals surface area contributed by atoms with Crippen LogP contribution in [0.4, 0.5) is 8.78 Å². The lowest BCUT2D eigenvalue weighted by Crippen LogP contribution is -2.40. The Bertz CT molecular complexity index is 563. The summed E-state index contributed by atoms with van der Waals surface area (Å²) >= 11 is 0. The highest BCUT2D eigenvalue weighted by Gasteiger charge is 2.19. The third-order valence-electron chi connectivity index (χ3n) is 3.85. The summed E-state index contributed by atoms with van der Waals surface area (Å²) in [5, 5.41) is 0. The number of hydrogen-bond acceptors (Lipinski definition) is 4. The number of methoxy groups -OCH3 is 1. The summed E-state index contributed by atoms with van der Waals surface area (Å²) in [7, 11) is 1.28. The van der Waals surface area contributed by atoms with Crippen LogP contribution < -0.4 is 0 Å². The van der Waals surface area contributed by atoms with Gasteiger partial charge in [0.25, 0.3) is 5.91 Å². The SMILES string of the molecule is CCN(CC)CCN(CCC(=O)OC)C(=O)c1ccc(F)c(F)c1. The fourth-order valence-electron chi connectivity index (χ4n) is 2.26. The van der Waals surface area contributed by atoms with Crippen LogP contribution in [-0.4, -0.2) is 61.5 Å². The number of benzene rings is 1. The fraction of sp³-hybridized carbons (Fsp3) is 0.529. The molecule has 0 aliphatic carbocycles. The number of likely N-dealkylation sites (N-methyl/N-ethyl adjacent to an activating group) is 1. The quantitative estimate of drug-likeness (QED) is 0.646. The van der Waals surface area contributed by atoms with Crippen LogP contribution in [0.3, 0.4) is 0 Å². The van der Waals surface area contributed by atoms with Gasteiger partial charge in [0.15, 0.2) is 11.6 Å². The first kappa shape index (κ1) is 20.0. The lowest BCUT2D eigenvalue weighted by Gasteiger charge is -2.26. The van der Waals surface area contributed by atoms with E-state index in [0.29, 0.717) is 13.1 Å². The van der Waals surface area contributed by atoms with Crippen LogP contribution in [-0.2, 0) is 9.53 Å². The van der Waals surface area contributed by atoms with Crippen molar-refractivity contribution >= 4 is 11.9 Å². The Hall–Kier alpha value is -2.02. The Morgan fingerprint density at radius 1 is 1.04 bits per heavy atom. The number of amides is 1. The number of ether oxygens (including phenoxy) is 1. The average molecular weight is 342 g/mol. The summed E-state index contributed by atoms with van der Waals surface area (Å²) in [6.07, 6.45) is 0.0458. The van der Waals surface area contributed by atoms with Gasteiger partial charge in [-0.1, -0.05) is 13.8 Å². The molecule has 1 aromatic carbocycles. The van der Waals surface area contributed by atoms with Crippen molar-refractivity contribution in [3.63, 3.8) is 0 Å². The maximum absolute atomic E-state index is 13.4. The van der Waals surface area contributed by atoms with E-state index < -0.39 is 23.5 Å². The minimum Gasteiger partial charge on any atom is -0.469 e. The molecule has 0 unspecified atom stereocenters. The number of carbonyl (C=O) groups is 2. The smallest absolute Gasteiger partial charge is 0.307 e. The molecule has 0 saturated heterocycles. The van der Waals surface area contributed by atoms with E-state index in [1.54, 1.807) is 0 Å². The molecule has 0 aromatic heterocycles. The molecule has 7 heteroatoms. The summed E-state index contributed by atoms with van der Waals surface area (Å²) in [6.45, 7) is 6.87. The molecule has 0 saturated carbocycles. The van der Waals surface area contributed by atoms with Crippen molar-refractivity contribution < 1.29 is 23.1 Å². The molecular weight excluding hydrogens is 318 g/mol. The number of hydrogen-bond donors (Lipinski definition) is 0. The maximum Gasteiger partial charge on any atom is 0.307 e. The summed E-state index contributed by atoms with van der Waals surface area (Å²) in [5.74, 6) is -2.95. The summed E-state index contributed by atoms with van der Waals surface area (Å²) in [6, 6.07) is 3.04. The van der Waals surface area contributed by atoms with Gasteiger partial charge in [-0.15, -0.1) is 0 Å². The first-order valence-corrected chi connectivity index (χ1v) is 7.96. The number of halogens is 2. The van der Waals surface area contributed by atoms with Crippen molar-refractivity contribution in [2.75, 3.05) is 39.8 Å². The summed E-state index contributed by atoms with van der Waals surface area (Å²) < 4.78 is 31.0. The molecular formula is C17H24F2N2O3. The van der Waals surface area contributed by atoms with E-state index >= 15 is 0 Å². The third-order valence-corrected chi connectivity index (χ3v) is 3.85. The van der Waals surface area contributed by atoms with Crippen LogP contribution in [0.2, 0.25) is 0 Å². The normalized spacial score (nSPS) is 10.8. The van der Waals surface area contributed by atoms with Crippen LogP contribution >= 0.6 is 0 Å². The Labute approximate surface area is 141 Å². The van der Waals surface area contributed by atoms with Gasteiger partial charge in [-0.3, -0.25) is 9.59 Å². The minimum absolute atomic E-state index is 0.0458. The summed E-state index contributed by atoms with van der Waals surface area (Å²) in [4.78, 5) is 27.5. The van der Waals surface area contributed by atoms with Crippen LogP contribution in [0.1, 0.15) is 30.6 Å². The van der Waals surface area contributed by atoms with Gasteiger partial charge in [-0.05, 0) is 31.3 Å². The highest BCUT2D eigenvalue weighted by atomic mass is 19.2. The topological polar surface area (TPSA) is 49.9 Å². The van der Waals surface area contributed by atoms with Crippen molar-refractivity contribution in [3.05, 3.63) is 35.4 Å². The first-order valence-electron chi connectivity index (χ1n) is 7.96. The fourth-order valence-corrected chi connectivity index (χ4v) is 2.26. The van der Waals surface area contributed by atoms with Gasteiger partial charge in [0.05, 0.1) is 13.5 Å². The van der Waals surface area contributed by atoms with E-state index in [0.717, 1.165) is 25.2 Å². The van der Waals surface area contributed by atoms with Gasteiger partial charge in [-0.2, -0.15) is 0 Å². The van der Waals surface area contributed by atoms with Crippen LogP contribution in [0.15, 0.2) is 18.2 Å². The average Bonchev–Trinajstić information content (AvgIpc) is 2.59. The molecule has 0 radical (unpaired) electrons. The van der Waals surface area contributed by atoms with Gasteiger partial charge in [0, 0.05) is 25.2 Å². The maximum atomic E-state index is 13.4. The summed E-state index contributed by atoms with van der Waals surface area (Å²) in [5.41, 5.74) is 0.0540.